The number of amides is 1. The molecular weight excluding hydrogens is 262 g/mol. The fourth-order valence-corrected chi connectivity index (χ4v) is 1.97. The van der Waals surface area contributed by atoms with Gasteiger partial charge in [0.1, 0.15) is 11.6 Å². The Morgan fingerprint density at radius 3 is 3.05 bits per heavy atom. The summed E-state index contributed by atoms with van der Waals surface area (Å²) in [7, 11) is 1.63. The van der Waals surface area contributed by atoms with Crippen molar-refractivity contribution >= 4 is 28.7 Å². The van der Waals surface area contributed by atoms with E-state index in [9.17, 15) is 4.79 Å². The highest BCUT2D eigenvalue weighted by Crippen LogP contribution is 2.18. The average molecular weight is 279 g/mol. The molecule has 0 aliphatic heterocycles. The molecule has 0 spiro atoms. The second-order valence-corrected chi connectivity index (χ2v) is 5.34. The molecule has 6 heteroatoms. The first-order valence-corrected chi connectivity index (χ1v) is 7.26. The molecule has 1 aromatic carbocycles. The first-order valence-electron chi connectivity index (χ1n) is 5.97. The molecule has 0 radical (unpaired) electrons. The summed E-state index contributed by atoms with van der Waals surface area (Å²) in [6.45, 7) is 2.28. The van der Waals surface area contributed by atoms with Gasteiger partial charge in [-0.05, 0) is 25.3 Å². The molecule has 0 bridgehead atoms. The van der Waals surface area contributed by atoms with E-state index in [0.29, 0.717) is 6.54 Å². The first kappa shape index (κ1) is 13.7. The number of aromatic amines is 1. The summed E-state index contributed by atoms with van der Waals surface area (Å²) in [6, 6.07) is 5.64. The van der Waals surface area contributed by atoms with Crippen molar-refractivity contribution in [3.05, 3.63) is 24.0 Å². The number of hydrogen-bond acceptors (Lipinski definition) is 4. The van der Waals surface area contributed by atoms with E-state index in [2.05, 4.69) is 15.3 Å². The molecule has 102 valence electrons. The zero-order chi connectivity index (χ0) is 13.8. The van der Waals surface area contributed by atoms with Crippen molar-refractivity contribution < 1.29 is 9.53 Å². The van der Waals surface area contributed by atoms with E-state index >= 15 is 0 Å². The molecule has 0 saturated carbocycles. The lowest BCUT2D eigenvalue weighted by Crippen LogP contribution is -2.30. The van der Waals surface area contributed by atoms with Gasteiger partial charge in [-0.1, -0.05) is 0 Å². The second-order valence-electron chi connectivity index (χ2n) is 4.16. The topological polar surface area (TPSA) is 67.0 Å². The highest BCUT2D eigenvalue weighted by molar-refractivity contribution is 7.99. The zero-order valence-corrected chi connectivity index (χ0v) is 12.0. The summed E-state index contributed by atoms with van der Waals surface area (Å²) in [5.74, 6) is 1.54. The van der Waals surface area contributed by atoms with Crippen molar-refractivity contribution in [3.8, 4) is 5.75 Å². The molecule has 1 aromatic heterocycles. The average Bonchev–Trinajstić information content (AvgIpc) is 2.85. The molecule has 0 aliphatic rings. The summed E-state index contributed by atoms with van der Waals surface area (Å²) in [6.07, 6.45) is 1.91. The third-order valence-corrected chi connectivity index (χ3v) is 3.81. The van der Waals surface area contributed by atoms with Crippen LogP contribution in [0.2, 0.25) is 0 Å². The lowest BCUT2D eigenvalue weighted by molar-refractivity contribution is -0.120. The van der Waals surface area contributed by atoms with Crippen LogP contribution in [0.5, 0.6) is 5.75 Å². The second kappa shape index (κ2) is 5.97. The maximum absolute atomic E-state index is 11.7. The van der Waals surface area contributed by atoms with Crippen molar-refractivity contribution in [2.45, 2.75) is 18.7 Å². The van der Waals surface area contributed by atoms with Crippen LogP contribution >= 0.6 is 11.8 Å². The number of aromatic nitrogens is 2. The Morgan fingerprint density at radius 2 is 2.37 bits per heavy atom. The normalized spacial score (nSPS) is 12.4. The quantitative estimate of drug-likeness (QED) is 0.877. The van der Waals surface area contributed by atoms with Gasteiger partial charge in [-0.25, -0.2) is 4.98 Å². The number of hydrogen-bond donors (Lipinski definition) is 2. The van der Waals surface area contributed by atoms with E-state index in [1.165, 1.54) is 11.8 Å². The third-order valence-electron chi connectivity index (χ3n) is 2.89. The summed E-state index contributed by atoms with van der Waals surface area (Å²) in [4.78, 5) is 19.3. The lowest BCUT2D eigenvalue weighted by atomic mass is 10.3. The van der Waals surface area contributed by atoms with E-state index in [0.717, 1.165) is 22.6 Å². The van der Waals surface area contributed by atoms with Crippen LogP contribution in [-0.2, 0) is 11.3 Å². The molecule has 1 atom stereocenters. The highest BCUT2D eigenvalue weighted by atomic mass is 32.2. The van der Waals surface area contributed by atoms with E-state index in [1.54, 1.807) is 7.11 Å². The number of carbonyl (C=O) groups is 1. The first-order chi connectivity index (χ1) is 9.13. The Kier molecular flexibility index (Phi) is 4.31. The number of carbonyl (C=O) groups excluding carboxylic acids is 1. The van der Waals surface area contributed by atoms with Crippen LogP contribution < -0.4 is 10.1 Å². The SMILES string of the molecule is COc1ccc2nc(CNC(=O)C(C)SC)[nH]c2c1. The number of ether oxygens (including phenoxy) is 1. The maximum Gasteiger partial charge on any atom is 0.233 e. The molecule has 1 amide bonds. The van der Waals surface area contributed by atoms with Crippen LogP contribution in [0.15, 0.2) is 18.2 Å². The minimum Gasteiger partial charge on any atom is -0.497 e. The Hall–Kier alpha value is -1.69. The number of rotatable bonds is 5. The van der Waals surface area contributed by atoms with E-state index in [4.69, 9.17) is 4.74 Å². The smallest absolute Gasteiger partial charge is 0.233 e. The van der Waals surface area contributed by atoms with Crippen molar-refractivity contribution in [2.24, 2.45) is 0 Å². The predicted octanol–water partition coefficient (Wildman–Crippen LogP) is 1.94. The molecule has 1 unspecified atom stereocenters. The lowest BCUT2D eigenvalue weighted by Gasteiger charge is -2.07. The molecule has 0 aliphatic carbocycles. The molecule has 0 saturated heterocycles. The van der Waals surface area contributed by atoms with E-state index < -0.39 is 0 Å². The van der Waals surface area contributed by atoms with Gasteiger partial charge in [0.25, 0.3) is 0 Å². The number of methoxy groups -OCH3 is 1. The van der Waals surface area contributed by atoms with Crippen LogP contribution in [0.4, 0.5) is 0 Å². The van der Waals surface area contributed by atoms with Crippen LogP contribution in [0.1, 0.15) is 12.7 Å². The summed E-state index contributed by atoms with van der Waals surface area (Å²) >= 11 is 1.52. The van der Waals surface area contributed by atoms with Gasteiger partial charge >= 0.3 is 0 Å². The van der Waals surface area contributed by atoms with Gasteiger partial charge < -0.3 is 15.0 Å². The van der Waals surface area contributed by atoms with Gasteiger partial charge in [0, 0.05) is 6.07 Å². The molecular formula is C13H17N3O2S. The minimum absolute atomic E-state index is 0.0190. The van der Waals surface area contributed by atoms with Crippen molar-refractivity contribution in [2.75, 3.05) is 13.4 Å². The fraction of sp³-hybridized carbons (Fsp3) is 0.385. The number of benzene rings is 1. The molecule has 2 rings (SSSR count). The Morgan fingerprint density at radius 1 is 1.58 bits per heavy atom. The minimum atomic E-state index is -0.0514. The Bertz CT molecular complexity index is 582. The van der Waals surface area contributed by atoms with E-state index in [1.807, 2.05) is 31.4 Å². The largest absolute Gasteiger partial charge is 0.497 e. The number of fused-ring (bicyclic) bond motifs is 1. The number of H-pyrrole nitrogens is 1. The van der Waals surface area contributed by atoms with Crippen molar-refractivity contribution in [1.82, 2.24) is 15.3 Å². The molecule has 5 nitrogen and oxygen atoms in total. The Balaban J connectivity index is 2.07. The van der Waals surface area contributed by atoms with E-state index in [-0.39, 0.29) is 11.2 Å². The van der Waals surface area contributed by atoms with Gasteiger partial charge in [-0.3, -0.25) is 4.79 Å². The van der Waals surface area contributed by atoms with Crippen LogP contribution in [-0.4, -0.2) is 34.5 Å². The molecule has 2 aromatic rings. The molecule has 0 fully saturated rings. The standard InChI is InChI=1S/C13H17N3O2S/c1-8(19-3)13(17)14-7-12-15-10-5-4-9(18-2)6-11(10)16-12/h4-6,8H,7H2,1-3H3,(H,14,17)(H,15,16). The van der Waals surface area contributed by atoms with Gasteiger partial charge in [0.05, 0.1) is 29.9 Å². The molecule has 1 heterocycles. The fourth-order valence-electron chi connectivity index (χ4n) is 1.67. The summed E-state index contributed by atoms with van der Waals surface area (Å²) in [5.41, 5.74) is 1.77. The van der Waals surface area contributed by atoms with Gasteiger partial charge in [0.15, 0.2) is 0 Å². The van der Waals surface area contributed by atoms with Gasteiger partial charge in [-0.2, -0.15) is 11.8 Å². The highest BCUT2D eigenvalue weighted by Gasteiger charge is 2.11. The monoisotopic (exact) mass is 279 g/mol. The number of nitrogens with one attached hydrogen (secondary N) is 2. The number of thioether (sulfide) groups is 1. The van der Waals surface area contributed by atoms with Crippen molar-refractivity contribution in [1.29, 1.82) is 0 Å². The number of imidazole rings is 1. The van der Waals surface area contributed by atoms with Crippen LogP contribution in [0.3, 0.4) is 0 Å². The summed E-state index contributed by atoms with van der Waals surface area (Å²) < 4.78 is 5.16. The number of nitrogens with zero attached hydrogens (tertiary/aromatic N) is 1. The predicted molar refractivity (Wildman–Crippen MR) is 77.5 cm³/mol. The van der Waals surface area contributed by atoms with Crippen LogP contribution in [0, 0.1) is 0 Å². The zero-order valence-electron chi connectivity index (χ0n) is 11.2. The van der Waals surface area contributed by atoms with Gasteiger partial charge in [0.2, 0.25) is 5.91 Å². The maximum atomic E-state index is 11.7. The molecule has 19 heavy (non-hydrogen) atoms. The third kappa shape index (κ3) is 3.20. The summed E-state index contributed by atoms with van der Waals surface area (Å²) in [5, 5.41) is 2.80. The van der Waals surface area contributed by atoms with Crippen LogP contribution in [0.25, 0.3) is 11.0 Å². The van der Waals surface area contributed by atoms with Crippen molar-refractivity contribution in [3.63, 3.8) is 0 Å². The van der Waals surface area contributed by atoms with Gasteiger partial charge in [-0.15, -0.1) is 0 Å². The molecule has 2 N–H and O–H groups in total. The Labute approximate surface area is 116 Å².